The van der Waals surface area contributed by atoms with Crippen LogP contribution in [0.3, 0.4) is 0 Å². The number of imidazole rings is 1. The second-order valence-electron chi connectivity index (χ2n) is 6.68. The van der Waals surface area contributed by atoms with Gasteiger partial charge in [-0.3, -0.25) is 9.10 Å². The Morgan fingerprint density at radius 3 is 2.50 bits per heavy atom. The highest BCUT2D eigenvalue weighted by Gasteiger charge is 2.30. The van der Waals surface area contributed by atoms with Gasteiger partial charge in [-0.05, 0) is 42.8 Å². The van der Waals surface area contributed by atoms with Crippen molar-refractivity contribution in [2.75, 3.05) is 10.6 Å². The monoisotopic (exact) mass is 466 g/mol. The van der Waals surface area contributed by atoms with E-state index in [1.54, 1.807) is 18.6 Å². The van der Waals surface area contributed by atoms with Crippen LogP contribution in [-0.2, 0) is 21.4 Å². The molecule has 30 heavy (non-hydrogen) atoms. The Morgan fingerprint density at radius 1 is 1.20 bits per heavy atom. The summed E-state index contributed by atoms with van der Waals surface area (Å²) < 4.78 is 27.6. The number of anilines is 1. The van der Waals surface area contributed by atoms with E-state index in [1.165, 1.54) is 19.1 Å². The van der Waals surface area contributed by atoms with Gasteiger partial charge >= 0.3 is 0 Å². The van der Waals surface area contributed by atoms with Crippen LogP contribution in [0.1, 0.15) is 12.5 Å². The number of amides is 1. The highest BCUT2D eigenvalue weighted by atomic mass is 35.5. The Balaban J connectivity index is 1.73. The molecule has 10 heteroatoms. The van der Waals surface area contributed by atoms with Crippen molar-refractivity contribution in [3.05, 3.63) is 76.8 Å². The molecule has 2 aromatic carbocycles. The largest absolute Gasteiger partial charge is 0.350 e. The molecule has 7 nitrogen and oxygen atoms in total. The first-order valence-corrected chi connectivity index (χ1v) is 11.6. The fourth-order valence-electron chi connectivity index (χ4n) is 2.97. The van der Waals surface area contributed by atoms with Crippen molar-refractivity contribution in [1.82, 2.24) is 14.9 Å². The first-order chi connectivity index (χ1) is 14.2. The molecule has 0 saturated carbocycles. The van der Waals surface area contributed by atoms with Gasteiger partial charge in [-0.2, -0.15) is 0 Å². The summed E-state index contributed by atoms with van der Waals surface area (Å²) in [5.41, 5.74) is 1.96. The number of hydrogen-bond donors (Lipinski definition) is 1. The van der Waals surface area contributed by atoms with Crippen molar-refractivity contribution in [1.29, 1.82) is 0 Å². The molecule has 1 amide bonds. The van der Waals surface area contributed by atoms with Crippen LogP contribution in [0.25, 0.3) is 5.69 Å². The van der Waals surface area contributed by atoms with Crippen molar-refractivity contribution in [2.24, 2.45) is 0 Å². The summed E-state index contributed by atoms with van der Waals surface area (Å²) in [6.07, 6.45) is 6.23. The standard InChI is InChI=1S/C20H20Cl2N4O3S/c1-14(26(30(2,28)29)19-11-16(21)5-8-18(19)22)20(27)24-12-15-3-6-17(7-4-15)25-10-9-23-13-25/h3-11,13-14H,12H2,1-2H3,(H,24,27). The van der Waals surface area contributed by atoms with Crippen LogP contribution in [0.4, 0.5) is 5.69 Å². The zero-order valence-electron chi connectivity index (χ0n) is 16.3. The number of hydrogen-bond acceptors (Lipinski definition) is 4. The van der Waals surface area contributed by atoms with Crippen LogP contribution in [0.5, 0.6) is 0 Å². The van der Waals surface area contributed by atoms with E-state index in [0.29, 0.717) is 5.02 Å². The van der Waals surface area contributed by atoms with Crippen molar-refractivity contribution in [3.63, 3.8) is 0 Å². The smallest absolute Gasteiger partial charge is 0.243 e. The summed E-state index contributed by atoms with van der Waals surface area (Å²) in [7, 11) is -3.79. The molecule has 0 aliphatic carbocycles. The molecule has 1 heterocycles. The molecule has 3 rings (SSSR count). The quantitative estimate of drug-likeness (QED) is 0.575. The number of nitrogens with zero attached hydrogens (tertiary/aromatic N) is 3. The molecule has 0 bridgehead atoms. The number of carbonyl (C=O) groups is 1. The first-order valence-electron chi connectivity index (χ1n) is 8.96. The van der Waals surface area contributed by atoms with E-state index >= 15 is 0 Å². The summed E-state index contributed by atoms with van der Waals surface area (Å²) in [6.45, 7) is 1.74. The Labute approximate surface area is 185 Å². The number of nitrogens with one attached hydrogen (secondary N) is 1. The van der Waals surface area contributed by atoms with Gasteiger partial charge in [0, 0.05) is 29.6 Å². The fraction of sp³-hybridized carbons (Fsp3) is 0.200. The topological polar surface area (TPSA) is 84.3 Å². The molecule has 0 radical (unpaired) electrons. The van der Waals surface area contributed by atoms with Crippen LogP contribution < -0.4 is 9.62 Å². The third-order valence-corrected chi connectivity index (χ3v) is 6.22. The number of aromatic nitrogens is 2. The van der Waals surface area contributed by atoms with E-state index in [-0.39, 0.29) is 17.3 Å². The molecular weight excluding hydrogens is 447 g/mol. The zero-order valence-corrected chi connectivity index (χ0v) is 18.6. The van der Waals surface area contributed by atoms with Gasteiger partial charge < -0.3 is 9.88 Å². The van der Waals surface area contributed by atoms with Crippen LogP contribution in [-0.4, -0.2) is 36.2 Å². The van der Waals surface area contributed by atoms with Crippen LogP contribution >= 0.6 is 23.2 Å². The second-order valence-corrected chi connectivity index (χ2v) is 9.39. The summed E-state index contributed by atoms with van der Waals surface area (Å²) >= 11 is 12.2. The van der Waals surface area contributed by atoms with E-state index in [9.17, 15) is 13.2 Å². The summed E-state index contributed by atoms with van der Waals surface area (Å²) in [5.74, 6) is -0.463. The average molecular weight is 467 g/mol. The molecule has 158 valence electrons. The highest BCUT2D eigenvalue weighted by Crippen LogP contribution is 2.32. The fourth-order valence-corrected chi connectivity index (χ4v) is 4.57. The molecule has 0 aliphatic rings. The molecule has 1 unspecified atom stereocenters. The van der Waals surface area contributed by atoms with Crippen molar-refractivity contribution in [2.45, 2.75) is 19.5 Å². The van der Waals surface area contributed by atoms with Crippen LogP contribution in [0.2, 0.25) is 10.0 Å². The Hall–Kier alpha value is -2.55. The first kappa shape index (κ1) is 22.1. The van der Waals surface area contributed by atoms with Gasteiger partial charge in [0.1, 0.15) is 6.04 Å². The van der Waals surface area contributed by atoms with Gasteiger partial charge in [0.25, 0.3) is 0 Å². The molecule has 1 atom stereocenters. The van der Waals surface area contributed by atoms with E-state index in [0.717, 1.165) is 21.8 Å². The molecular formula is C20H20Cl2N4O3S. The van der Waals surface area contributed by atoms with E-state index in [2.05, 4.69) is 10.3 Å². The maximum Gasteiger partial charge on any atom is 0.243 e. The second kappa shape index (κ2) is 9.07. The van der Waals surface area contributed by atoms with Crippen LogP contribution in [0.15, 0.2) is 61.2 Å². The summed E-state index contributed by atoms with van der Waals surface area (Å²) in [4.78, 5) is 16.7. The number of rotatable bonds is 7. The van der Waals surface area contributed by atoms with Crippen LogP contribution in [0, 0.1) is 0 Å². The minimum atomic E-state index is -3.79. The number of halogens is 2. The van der Waals surface area contributed by atoms with E-state index in [4.69, 9.17) is 23.2 Å². The summed E-state index contributed by atoms with van der Waals surface area (Å²) in [5, 5.41) is 3.26. The highest BCUT2D eigenvalue weighted by molar-refractivity contribution is 7.92. The van der Waals surface area contributed by atoms with Crippen molar-refractivity contribution >= 4 is 44.8 Å². The Kier molecular flexibility index (Phi) is 6.70. The lowest BCUT2D eigenvalue weighted by molar-refractivity contribution is -0.122. The molecule has 1 N–H and O–H groups in total. The number of benzene rings is 2. The van der Waals surface area contributed by atoms with Gasteiger partial charge in [-0.15, -0.1) is 0 Å². The third kappa shape index (κ3) is 5.13. The SMILES string of the molecule is CC(C(=O)NCc1ccc(-n2ccnc2)cc1)N(c1cc(Cl)ccc1Cl)S(C)(=O)=O. The lowest BCUT2D eigenvalue weighted by Gasteiger charge is -2.29. The lowest BCUT2D eigenvalue weighted by atomic mass is 10.2. The Bertz CT molecular complexity index is 1130. The van der Waals surface area contributed by atoms with E-state index in [1.807, 2.05) is 35.0 Å². The van der Waals surface area contributed by atoms with Gasteiger partial charge in [0.05, 0.1) is 23.3 Å². The Morgan fingerprint density at radius 2 is 1.90 bits per heavy atom. The molecule has 0 aliphatic heterocycles. The van der Waals surface area contributed by atoms with Crippen molar-refractivity contribution < 1.29 is 13.2 Å². The van der Waals surface area contributed by atoms with Gasteiger partial charge in [-0.1, -0.05) is 35.3 Å². The van der Waals surface area contributed by atoms with Gasteiger partial charge in [0.15, 0.2) is 0 Å². The number of sulfonamides is 1. The average Bonchev–Trinajstić information content (AvgIpc) is 3.23. The maximum absolute atomic E-state index is 12.7. The normalized spacial score (nSPS) is 12.4. The number of carbonyl (C=O) groups excluding carboxylic acids is 1. The third-order valence-electron chi connectivity index (χ3n) is 4.44. The van der Waals surface area contributed by atoms with Gasteiger partial charge in [0.2, 0.25) is 15.9 Å². The minimum Gasteiger partial charge on any atom is -0.350 e. The van der Waals surface area contributed by atoms with Crippen molar-refractivity contribution in [3.8, 4) is 5.69 Å². The minimum absolute atomic E-state index is 0.152. The van der Waals surface area contributed by atoms with Gasteiger partial charge in [-0.25, -0.2) is 13.4 Å². The van der Waals surface area contributed by atoms with E-state index < -0.39 is 22.0 Å². The molecule has 0 fully saturated rings. The zero-order chi connectivity index (χ0) is 21.9. The predicted molar refractivity (Wildman–Crippen MR) is 119 cm³/mol. The predicted octanol–water partition coefficient (Wildman–Crippen LogP) is 3.65. The molecule has 3 aromatic rings. The molecule has 0 saturated heterocycles. The lowest BCUT2D eigenvalue weighted by Crippen LogP contribution is -2.47. The maximum atomic E-state index is 12.7. The molecule has 1 aromatic heterocycles. The molecule has 0 spiro atoms. The summed E-state index contributed by atoms with van der Waals surface area (Å²) in [6, 6.07) is 11.0.